The summed E-state index contributed by atoms with van der Waals surface area (Å²) in [6, 6.07) is 5.97. The Hall–Kier alpha value is -1.47. The van der Waals surface area contributed by atoms with Crippen LogP contribution in [-0.4, -0.2) is 11.3 Å². The maximum atomic E-state index is 12.2. The third-order valence-corrected chi connectivity index (χ3v) is 3.46. The number of benzene rings is 1. The normalized spacial score (nSPS) is 11.3. The van der Waals surface area contributed by atoms with Gasteiger partial charge in [0.15, 0.2) is 0 Å². The number of halogens is 5. The Bertz CT molecular complexity index is 637. The van der Waals surface area contributed by atoms with E-state index in [4.69, 9.17) is 11.6 Å². The molecule has 1 aromatic heterocycles. The fourth-order valence-corrected chi connectivity index (χ4v) is 2.21. The summed E-state index contributed by atoms with van der Waals surface area (Å²) < 4.78 is 40.5. The fraction of sp³-hybridized carbons (Fsp3) is 0.154. The molecule has 0 aliphatic carbocycles. The van der Waals surface area contributed by atoms with Gasteiger partial charge in [-0.2, -0.15) is 0 Å². The van der Waals surface area contributed by atoms with Crippen molar-refractivity contribution in [1.29, 1.82) is 0 Å². The molecule has 112 valence electrons. The van der Waals surface area contributed by atoms with Gasteiger partial charge in [0, 0.05) is 24.6 Å². The molecule has 0 radical (unpaired) electrons. The van der Waals surface area contributed by atoms with Gasteiger partial charge in [-0.25, -0.2) is 0 Å². The van der Waals surface area contributed by atoms with Gasteiger partial charge >= 0.3 is 6.36 Å². The Labute approximate surface area is 132 Å². The molecule has 2 aromatic rings. The molecular weight excluding hydrogens is 373 g/mol. The second kappa shape index (κ2) is 6.53. The second-order valence-corrected chi connectivity index (χ2v) is 5.28. The van der Waals surface area contributed by atoms with Crippen LogP contribution in [0.2, 0.25) is 5.02 Å². The highest BCUT2D eigenvalue weighted by Gasteiger charge is 2.31. The molecule has 21 heavy (non-hydrogen) atoms. The van der Waals surface area contributed by atoms with Crippen LogP contribution in [0.5, 0.6) is 5.75 Å². The van der Waals surface area contributed by atoms with E-state index in [2.05, 4.69) is 31.0 Å². The molecule has 1 heterocycles. The minimum Gasteiger partial charge on any atom is -0.405 e. The monoisotopic (exact) mass is 380 g/mol. The van der Waals surface area contributed by atoms with Crippen LogP contribution < -0.4 is 10.1 Å². The van der Waals surface area contributed by atoms with E-state index in [9.17, 15) is 13.2 Å². The van der Waals surface area contributed by atoms with Crippen LogP contribution in [0.1, 0.15) is 5.56 Å². The van der Waals surface area contributed by atoms with Crippen molar-refractivity contribution in [2.45, 2.75) is 12.9 Å². The molecule has 1 aromatic carbocycles. The molecule has 0 spiro atoms. The Morgan fingerprint density at radius 1 is 1.29 bits per heavy atom. The lowest BCUT2D eigenvalue weighted by atomic mass is 10.2. The Morgan fingerprint density at radius 2 is 2.05 bits per heavy atom. The van der Waals surface area contributed by atoms with E-state index in [1.807, 2.05) is 0 Å². The topological polar surface area (TPSA) is 34.1 Å². The van der Waals surface area contributed by atoms with Crippen molar-refractivity contribution in [3.63, 3.8) is 0 Å². The van der Waals surface area contributed by atoms with Gasteiger partial charge in [-0.15, -0.1) is 13.2 Å². The zero-order valence-electron chi connectivity index (χ0n) is 10.4. The number of ether oxygens (including phenoxy) is 1. The van der Waals surface area contributed by atoms with Crippen LogP contribution in [0.15, 0.2) is 41.1 Å². The summed E-state index contributed by atoms with van der Waals surface area (Å²) in [5, 5.41) is 3.57. The molecule has 0 fully saturated rings. The highest BCUT2D eigenvalue weighted by molar-refractivity contribution is 9.10. The van der Waals surface area contributed by atoms with Crippen molar-refractivity contribution in [2.75, 3.05) is 5.32 Å². The number of nitrogens with one attached hydrogen (secondary N) is 1. The van der Waals surface area contributed by atoms with E-state index in [0.717, 1.165) is 5.56 Å². The first-order valence-electron chi connectivity index (χ1n) is 5.73. The van der Waals surface area contributed by atoms with Gasteiger partial charge in [-0.1, -0.05) is 11.6 Å². The number of pyridine rings is 1. The number of hydrogen-bond acceptors (Lipinski definition) is 3. The number of hydrogen-bond donors (Lipinski definition) is 1. The van der Waals surface area contributed by atoms with Gasteiger partial charge in [-0.3, -0.25) is 4.98 Å². The first kappa shape index (κ1) is 15.9. The van der Waals surface area contributed by atoms with E-state index in [1.165, 1.54) is 24.4 Å². The molecule has 0 bridgehead atoms. The molecular formula is C13H9BrClF3N2O. The zero-order valence-corrected chi connectivity index (χ0v) is 12.8. The smallest absolute Gasteiger partial charge is 0.405 e. The maximum absolute atomic E-state index is 12.2. The molecule has 0 atom stereocenters. The summed E-state index contributed by atoms with van der Waals surface area (Å²) in [7, 11) is 0. The van der Waals surface area contributed by atoms with E-state index < -0.39 is 6.36 Å². The third kappa shape index (κ3) is 4.78. The number of alkyl halides is 3. The molecule has 0 saturated heterocycles. The lowest BCUT2D eigenvalue weighted by Gasteiger charge is -2.12. The summed E-state index contributed by atoms with van der Waals surface area (Å²) >= 11 is 9.00. The summed E-state index contributed by atoms with van der Waals surface area (Å²) in [6.45, 7) is 0.424. The fourth-order valence-electron chi connectivity index (χ4n) is 1.56. The molecule has 0 saturated carbocycles. The standard InChI is InChI=1S/C13H9BrClF3N2O/c14-10-5-9(1-2-12(10)21-13(16,17)18)20-6-8-3-4-19-7-11(8)15/h1-5,7,20H,6H2. The van der Waals surface area contributed by atoms with E-state index >= 15 is 0 Å². The largest absolute Gasteiger partial charge is 0.573 e. The van der Waals surface area contributed by atoms with Crippen molar-refractivity contribution in [3.8, 4) is 5.75 Å². The summed E-state index contributed by atoms with van der Waals surface area (Å²) in [4.78, 5) is 3.87. The predicted molar refractivity (Wildman–Crippen MR) is 77.4 cm³/mol. The molecule has 8 heteroatoms. The highest BCUT2D eigenvalue weighted by atomic mass is 79.9. The average Bonchev–Trinajstić information content (AvgIpc) is 2.39. The molecule has 3 nitrogen and oxygen atoms in total. The average molecular weight is 382 g/mol. The number of anilines is 1. The van der Waals surface area contributed by atoms with Gasteiger partial charge in [0.05, 0.1) is 9.50 Å². The van der Waals surface area contributed by atoms with Gasteiger partial charge < -0.3 is 10.1 Å². The third-order valence-electron chi connectivity index (χ3n) is 2.50. The van der Waals surface area contributed by atoms with Gasteiger partial charge in [-0.05, 0) is 45.8 Å². The molecule has 0 aliphatic heterocycles. The van der Waals surface area contributed by atoms with Crippen LogP contribution >= 0.6 is 27.5 Å². The number of aromatic nitrogens is 1. The lowest BCUT2D eigenvalue weighted by Crippen LogP contribution is -2.17. The van der Waals surface area contributed by atoms with Crippen LogP contribution in [0, 0.1) is 0 Å². The highest BCUT2D eigenvalue weighted by Crippen LogP contribution is 2.32. The van der Waals surface area contributed by atoms with Crippen LogP contribution in [0.4, 0.5) is 18.9 Å². The second-order valence-electron chi connectivity index (χ2n) is 4.01. The van der Waals surface area contributed by atoms with Crippen LogP contribution in [-0.2, 0) is 6.54 Å². The van der Waals surface area contributed by atoms with Crippen molar-refractivity contribution in [2.24, 2.45) is 0 Å². The van der Waals surface area contributed by atoms with Crippen molar-refractivity contribution in [1.82, 2.24) is 4.98 Å². The molecule has 2 rings (SSSR count). The van der Waals surface area contributed by atoms with Crippen molar-refractivity contribution >= 4 is 33.2 Å². The molecule has 0 aliphatic rings. The number of nitrogens with zero attached hydrogens (tertiary/aromatic N) is 1. The SMILES string of the molecule is FC(F)(F)Oc1ccc(NCc2ccncc2Cl)cc1Br. The van der Waals surface area contributed by atoms with Crippen LogP contribution in [0.25, 0.3) is 0 Å². The first-order chi connectivity index (χ1) is 9.85. The van der Waals surface area contributed by atoms with E-state index in [1.54, 1.807) is 12.3 Å². The zero-order chi connectivity index (χ0) is 15.5. The Morgan fingerprint density at radius 3 is 2.67 bits per heavy atom. The van der Waals surface area contributed by atoms with Gasteiger partial charge in [0.1, 0.15) is 5.75 Å². The van der Waals surface area contributed by atoms with E-state index in [0.29, 0.717) is 17.3 Å². The Balaban J connectivity index is 2.05. The first-order valence-corrected chi connectivity index (χ1v) is 6.90. The van der Waals surface area contributed by atoms with E-state index in [-0.39, 0.29) is 10.2 Å². The van der Waals surface area contributed by atoms with Gasteiger partial charge in [0.2, 0.25) is 0 Å². The van der Waals surface area contributed by atoms with Gasteiger partial charge in [0.25, 0.3) is 0 Å². The molecule has 1 N–H and O–H groups in total. The molecule has 0 unspecified atom stereocenters. The molecule has 0 amide bonds. The summed E-state index contributed by atoms with van der Waals surface area (Å²) in [5.74, 6) is -0.296. The van der Waals surface area contributed by atoms with Crippen LogP contribution in [0.3, 0.4) is 0 Å². The maximum Gasteiger partial charge on any atom is 0.573 e. The lowest BCUT2D eigenvalue weighted by molar-refractivity contribution is -0.274. The van der Waals surface area contributed by atoms with Crippen molar-refractivity contribution < 1.29 is 17.9 Å². The Kier molecular flexibility index (Phi) is 4.95. The minimum atomic E-state index is -4.72. The predicted octanol–water partition coefficient (Wildman–Crippen LogP) is 5.01. The number of rotatable bonds is 4. The minimum absolute atomic E-state index is 0.200. The quantitative estimate of drug-likeness (QED) is 0.808. The van der Waals surface area contributed by atoms with Crippen molar-refractivity contribution in [3.05, 3.63) is 51.7 Å². The summed E-state index contributed by atoms with van der Waals surface area (Å²) in [5.41, 5.74) is 1.46. The summed E-state index contributed by atoms with van der Waals surface area (Å²) in [6.07, 6.45) is -1.59.